The molecular weight excluding hydrogens is 389 g/mol. The number of carbonyl (C=O) groups excluding carboxylic acids is 1. The van der Waals surface area contributed by atoms with Crippen LogP contribution in [0.5, 0.6) is 0 Å². The topological polar surface area (TPSA) is 63.2 Å². The summed E-state index contributed by atoms with van der Waals surface area (Å²) in [7, 11) is -3.42. The van der Waals surface area contributed by atoms with Crippen LogP contribution in [0.25, 0.3) is 10.1 Å². The molecule has 0 aliphatic heterocycles. The van der Waals surface area contributed by atoms with E-state index in [2.05, 4.69) is 5.32 Å². The zero-order valence-electron chi connectivity index (χ0n) is 12.3. The van der Waals surface area contributed by atoms with E-state index in [4.69, 9.17) is 23.2 Å². The van der Waals surface area contributed by atoms with Crippen molar-refractivity contribution in [2.75, 3.05) is 11.6 Å². The second-order valence-electron chi connectivity index (χ2n) is 5.16. The molecule has 0 atom stereocenters. The van der Waals surface area contributed by atoms with Gasteiger partial charge in [0.15, 0.2) is 9.84 Å². The number of carbonyl (C=O) groups is 1. The van der Waals surface area contributed by atoms with Crippen molar-refractivity contribution in [3.63, 3.8) is 0 Å². The number of nitrogens with one attached hydrogen (secondary N) is 1. The first kappa shape index (κ1) is 17.2. The number of amides is 1. The van der Waals surface area contributed by atoms with Crippen LogP contribution >= 0.6 is 34.5 Å². The van der Waals surface area contributed by atoms with Crippen molar-refractivity contribution in [3.8, 4) is 0 Å². The average Bonchev–Trinajstić information content (AvgIpc) is 2.91. The number of hydrogen-bond acceptors (Lipinski definition) is 4. The third kappa shape index (κ3) is 3.57. The molecule has 1 aromatic heterocycles. The summed E-state index contributed by atoms with van der Waals surface area (Å²) in [4.78, 5) is 12.9. The number of halogens is 2. The fourth-order valence-electron chi connectivity index (χ4n) is 2.18. The molecule has 0 spiro atoms. The predicted octanol–water partition coefficient (Wildman–Crippen LogP) is 4.86. The predicted molar refractivity (Wildman–Crippen MR) is 99.4 cm³/mol. The highest BCUT2D eigenvalue weighted by atomic mass is 35.5. The summed E-state index contributed by atoms with van der Waals surface area (Å²) >= 11 is 13.4. The number of benzene rings is 2. The molecule has 0 radical (unpaired) electrons. The Bertz CT molecular complexity index is 1060. The molecule has 0 unspecified atom stereocenters. The molecule has 1 amide bonds. The fraction of sp³-hybridized carbons (Fsp3) is 0.0625. The summed E-state index contributed by atoms with van der Waals surface area (Å²) in [6, 6.07) is 11.4. The molecule has 124 valence electrons. The average molecular weight is 400 g/mol. The smallest absolute Gasteiger partial charge is 0.265 e. The van der Waals surface area contributed by atoms with Crippen LogP contribution in [0.4, 0.5) is 5.69 Å². The Hall–Kier alpha value is -1.60. The summed E-state index contributed by atoms with van der Waals surface area (Å²) in [6.45, 7) is 0. The highest BCUT2D eigenvalue weighted by Gasteiger charge is 2.15. The number of fused-ring (bicyclic) bond motifs is 1. The van der Waals surface area contributed by atoms with E-state index in [0.29, 0.717) is 15.6 Å². The Morgan fingerprint density at radius 2 is 1.88 bits per heavy atom. The second-order valence-corrected chi connectivity index (χ2v) is 9.11. The maximum Gasteiger partial charge on any atom is 0.265 e. The monoisotopic (exact) mass is 399 g/mol. The highest BCUT2D eigenvalue weighted by Crippen LogP contribution is 2.31. The summed E-state index contributed by atoms with van der Waals surface area (Å²) in [5, 5.41) is 4.28. The van der Waals surface area contributed by atoms with Gasteiger partial charge in [-0.25, -0.2) is 8.42 Å². The van der Waals surface area contributed by atoms with Crippen LogP contribution in [0.15, 0.2) is 47.4 Å². The van der Waals surface area contributed by atoms with Crippen molar-refractivity contribution in [3.05, 3.63) is 57.4 Å². The van der Waals surface area contributed by atoms with Crippen molar-refractivity contribution in [1.82, 2.24) is 0 Å². The van der Waals surface area contributed by atoms with Crippen molar-refractivity contribution < 1.29 is 13.2 Å². The normalized spacial score (nSPS) is 11.6. The molecule has 1 N–H and O–H groups in total. The molecule has 8 heteroatoms. The molecule has 0 fully saturated rings. The largest absolute Gasteiger partial charge is 0.321 e. The van der Waals surface area contributed by atoms with Crippen molar-refractivity contribution >= 4 is 66.1 Å². The minimum Gasteiger partial charge on any atom is -0.321 e. The lowest BCUT2D eigenvalue weighted by Gasteiger charge is -2.07. The van der Waals surface area contributed by atoms with Gasteiger partial charge in [-0.3, -0.25) is 4.79 Å². The minimum absolute atomic E-state index is 0.0460. The van der Waals surface area contributed by atoms with Crippen LogP contribution in [0.2, 0.25) is 10.0 Å². The lowest BCUT2D eigenvalue weighted by Crippen LogP contribution is -2.10. The number of sulfone groups is 1. The lowest BCUT2D eigenvalue weighted by molar-refractivity contribution is 0.103. The van der Waals surface area contributed by atoms with E-state index >= 15 is 0 Å². The first-order valence-electron chi connectivity index (χ1n) is 6.74. The Kier molecular flexibility index (Phi) is 4.57. The quantitative estimate of drug-likeness (QED) is 0.683. The van der Waals surface area contributed by atoms with E-state index in [-0.39, 0.29) is 15.8 Å². The maximum atomic E-state index is 12.4. The van der Waals surface area contributed by atoms with Gasteiger partial charge in [0.05, 0.1) is 9.77 Å². The van der Waals surface area contributed by atoms with Crippen LogP contribution in [0.1, 0.15) is 9.67 Å². The zero-order valence-corrected chi connectivity index (χ0v) is 15.5. The van der Waals surface area contributed by atoms with E-state index in [1.807, 2.05) is 12.1 Å². The van der Waals surface area contributed by atoms with Gasteiger partial charge in [-0.2, -0.15) is 0 Å². The van der Waals surface area contributed by atoms with E-state index in [9.17, 15) is 13.2 Å². The first-order chi connectivity index (χ1) is 11.2. The standard InChI is InChI=1S/C16H11Cl2NO3S2/c1-24(21,22)11-6-9(17)5-10(7-11)19-16(20)15-8-12-13(18)3-2-4-14(12)23-15/h2-8H,1H3,(H,19,20). The summed E-state index contributed by atoms with van der Waals surface area (Å²) in [5.74, 6) is -0.353. The van der Waals surface area contributed by atoms with Gasteiger partial charge in [0.25, 0.3) is 5.91 Å². The van der Waals surface area contributed by atoms with E-state index in [1.54, 1.807) is 12.1 Å². The van der Waals surface area contributed by atoms with E-state index < -0.39 is 9.84 Å². The first-order valence-corrected chi connectivity index (χ1v) is 10.2. The van der Waals surface area contributed by atoms with Crippen LogP contribution < -0.4 is 5.32 Å². The van der Waals surface area contributed by atoms with E-state index in [0.717, 1.165) is 16.3 Å². The van der Waals surface area contributed by atoms with Crippen molar-refractivity contribution in [2.45, 2.75) is 4.90 Å². The minimum atomic E-state index is -3.42. The van der Waals surface area contributed by atoms with Crippen LogP contribution in [0.3, 0.4) is 0 Å². The third-order valence-corrected chi connectivity index (χ3v) is 6.03. The fourth-order valence-corrected chi connectivity index (χ4v) is 4.43. The van der Waals surface area contributed by atoms with Gasteiger partial charge in [-0.1, -0.05) is 29.3 Å². The van der Waals surface area contributed by atoms with E-state index in [1.165, 1.54) is 29.5 Å². The molecule has 0 aliphatic carbocycles. The number of thiophene rings is 1. The molecule has 0 bridgehead atoms. The van der Waals surface area contributed by atoms with Gasteiger partial charge < -0.3 is 5.32 Å². The molecule has 24 heavy (non-hydrogen) atoms. The van der Waals surface area contributed by atoms with Crippen LogP contribution in [-0.2, 0) is 9.84 Å². The molecular formula is C16H11Cl2NO3S2. The van der Waals surface area contributed by atoms with Crippen molar-refractivity contribution in [1.29, 1.82) is 0 Å². The highest BCUT2D eigenvalue weighted by molar-refractivity contribution is 7.90. The summed E-state index contributed by atoms with van der Waals surface area (Å²) < 4.78 is 24.2. The van der Waals surface area contributed by atoms with Crippen LogP contribution in [-0.4, -0.2) is 20.6 Å². The van der Waals surface area contributed by atoms with Gasteiger partial charge in [-0.15, -0.1) is 11.3 Å². The van der Waals surface area contributed by atoms with Gasteiger partial charge >= 0.3 is 0 Å². The SMILES string of the molecule is CS(=O)(=O)c1cc(Cl)cc(NC(=O)c2cc3c(Cl)cccc3s2)c1. The second kappa shape index (κ2) is 6.37. The number of hydrogen-bond donors (Lipinski definition) is 1. The number of anilines is 1. The number of rotatable bonds is 3. The maximum absolute atomic E-state index is 12.4. The van der Waals surface area contributed by atoms with Gasteiger partial charge in [0.1, 0.15) is 0 Å². The molecule has 0 aliphatic rings. The molecule has 2 aromatic carbocycles. The molecule has 4 nitrogen and oxygen atoms in total. The molecule has 0 saturated carbocycles. The third-order valence-electron chi connectivity index (χ3n) is 3.29. The summed E-state index contributed by atoms with van der Waals surface area (Å²) in [6.07, 6.45) is 1.08. The summed E-state index contributed by atoms with van der Waals surface area (Å²) in [5.41, 5.74) is 0.316. The molecule has 1 heterocycles. The Morgan fingerprint density at radius 1 is 1.12 bits per heavy atom. The van der Waals surface area contributed by atoms with Crippen molar-refractivity contribution in [2.24, 2.45) is 0 Å². The van der Waals surface area contributed by atoms with Crippen LogP contribution in [0, 0.1) is 0 Å². The van der Waals surface area contributed by atoms with Gasteiger partial charge in [0.2, 0.25) is 0 Å². The van der Waals surface area contributed by atoms with Gasteiger partial charge in [0, 0.05) is 32.1 Å². The lowest BCUT2D eigenvalue weighted by atomic mass is 10.2. The Balaban J connectivity index is 1.94. The Morgan fingerprint density at radius 3 is 2.54 bits per heavy atom. The zero-order chi connectivity index (χ0) is 17.5. The Labute approximate surface area is 152 Å². The molecule has 3 rings (SSSR count). The molecule has 0 saturated heterocycles. The molecule has 3 aromatic rings. The van der Waals surface area contributed by atoms with Gasteiger partial charge in [-0.05, 0) is 36.4 Å².